The van der Waals surface area contributed by atoms with Gasteiger partial charge in [-0.25, -0.2) is 0 Å². The van der Waals surface area contributed by atoms with Crippen molar-refractivity contribution in [1.29, 1.82) is 0 Å². The maximum Gasteiger partial charge on any atom is 0.247 e. The molecule has 52 heavy (non-hydrogen) atoms. The molecule has 5 fully saturated rings. The van der Waals surface area contributed by atoms with Crippen molar-refractivity contribution in [2.24, 2.45) is 45.3 Å². The average molecular weight is 723 g/mol. The third-order valence-corrected chi connectivity index (χ3v) is 16.6. The van der Waals surface area contributed by atoms with E-state index in [0.29, 0.717) is 29.7 Å². The molecule has 9 atom stereocenters. The van der Waals surface area contributed by atoms with E-state index in [-0.39, 0.29) is 51.6 Å². The minimum atomic E-state index is -0.0931. The fourth-order valence-corrected chi connectivity index (χ4v) is 13.3. The number of likely N-dealkylation sites (tertiary alicyclic amines) is 1. The van der Waals surface area contributed by atoms with Crippen LogP contribution in [0.1, 0.15) is 173 Å². The van der Waals surface area contributed by atoms with E-state index in [9.17, 15) is 0 Å². The standard InChI is InChI=1S/C44H74N4O.C2H6.H2O/c1-13-41(9,10)43-26-36-31(8)47-37(38(49)48(36)40(43)45(23-21-28(3)4)34-18-16-15-17-32(34)43)27-44(42(11,12)14-2)33-25-30(7)19-20-35(33)46(39(44)47)24-22-29(5)6;1-2;/h28-30,33,35-37,39-40H,8,13-27H2,1-7,9-12H3;1-2H3;1H2/t30?,33?,35-,36-,37-,39-,40?,43+,44+;;/m0../s1. The van der Waals surface area contributed by atoms with Crippen molar-refractivity contribution >= 4 is 5.91 Å². The van der Waals surface area contributed by atoms with Crippen LogP contribution in [0.3, 0.4) is 0 Å². The number of hydrogen-bond acceptors (Lipinski definition) is 4. The number of nitrogens with zero attached hydrogens (tertiary/aromatic N) is 4. The first kappa shape index (κ1) is 41.6. The summed E-state index contributed by atoms with van der Waals surface area (Å²) in [6.07, 6.45) is 16.1. The molecule has 2 N–H and O–H groups in total. The van der Waals surface area contributed by atoms with Gasteiger partial charge in [0.1, 0.15) is 12.2 Å². The number of carbonyl (C=O) groups excluding carboxylic acids is 1. The highest BCUT2D eigenvalue weighted by atomic mass is 16.2. The number of fused-ring (bicyclic) bond motifs is 9. The van der Waals surface area contributed by atoms with Crippen molar-refractivity contribution in [2.45, 2.75) is 204 Å². The highest BCUT2D eigenvalue weighted by Crippen LogP contribution is 2.72. The summed E-state index contributed by atoms with van der Waals surface area (Å²) in [7, 11) is 0. The van der Waals surface area contributed by atoms with Gasteiger partial charge < -0.3 is 20.2 Å². The zero-order valence-electron chi connectivity index (χ0n) is 36.2. The first-order valence-electron chi connectivity index (χ1n) is 22.1. The molecule has 7 aliphatic rings. The molecule has 0 aromatic heterocycles. The zero-order chi connectivity index (χ0) is 37.4. The fraction of sp³-hybridized carbons (Fsp3) is 0.891. The zero-order valence-corrected chi connectivity index (χ0v) is 36.2. The molecule has 0 radical (unpaired) electrons. The van der Waals surface area contributed by atoms with Crippen LogP contribution in [-0.4, -0.2) is 74.5 Å². The predicted octanol–water partition coefficient (Wildman–Crippen LogP) is 10.2. The summed E-state index contributed by atoms with van der Waals surface area (Å²) in [5.41, 5.74) is 4.96. The van der Waals surface area contributed by atoms with E-state index in [1.807, 2.05) is 13.8 Å². The second-order valence-corrected chi connectivity index (χ2v) is 20.3. The Bertz CT molecular complexity index is 1350. The highest BCUT2D eigenvalue weighted by molar-refractivity contribution is 5.86. The summed E-state index contributed by atoms with van der Waals surface area (Å²) in [5.74, 6) is 3.17. The molecule has 6 nitrogen and oxygen atoms in total. The lowest BCUT2D eigenvalue weighted by Gasteiger charge is -2.52. The molecule has 0 spiro atoms. The summed E-state index contributed by atoms with van der Waals surface area (Å²) < 4.78 is 0. The second-order valence-electron chi connectivity index (χ2n) is 20.3. The lowest BCUT2D eigenvalue weighted by Crippen LogP contribution is -2.64. The van der Waals surface area contributed by atoms with Gasteiger partial charge in [-0.1, -0.05) is 103 Å². The van der Waals surface area contributed by atoms with Gasteiger partial charge in [-0.15, -0.1) is 0 Å². The molecular weight excluding hydrogens is 641 g/mol. The van der Waals surface area contributed by atoms with Crippen molar-refractivity contribution < 1.29 is 10.3 Å². The first-order chi connectivity index (χ1) is 24.1. The number of piperazine rings is 1. The van der Waals surface area contributed by atoms with Gasteiger partial charge in [-0.3, -0.25) is 9.69 Å². The van der Waals surface area contributed by atoms with Crippen molar-refractivity contribution in [2.75, 3.05) is 13.1 Å². The van der Waals surface area contributed by atoms with Crippen molar-refractivity contribution in [3.8, 4) is 0 Å². The number of allylic oxidation sites excluding steroid dienone is 1. The first-order valence-corrected chi connectivity index (χ1v) is 22.1. The van der Waals surface area contributed by atoms with Crippen LogP contribution >= 0.6 is 0 Å². The van der Waals surface area contributed by atoms with Gasteiger partial charge in [0, 0.05) is 41.4 Å². The van der Waals surface area contributed by atoms with E-state index in [1.54, 1.807) is 11.3 Å². The largest absolute Gasteiger partial charge is 0.412 e. The normalized spacial score (nSPS) is 37.1. The number of amides is 1. The Morgan fingerprint density at radius 1 is 0.827 bits per heavy atom. The molecule has 0 bridgehead atoms. The Balaban J connectivity index is 0.00000171. The smallest absolute Gasteiger partial charge is 0.247 e. The van der Waals surface area contributed by atoms with Gasteiger partial charge in [-0.2, -0.15) is 0 Å². The fourth-order valence-electron chi connectivity index (χ4n) is 13.3. The van der Waals surface area contributed by atoms with Gasteiger partial charge >= 0.3 is 0 Å². The molecule has 0 aromatic rings. The lowest BCUT2D eigenvalue weighted by atomic mass is 9.53. The Morgan fingerprint density at radius 3 is 2.06 bits per heavy atom. The van der Waals surface area contributed by atoms with Gasteiger partial charge in [0.05, 0.1) is 12.2 Å². The molecule has 5 heterocycles. The van der Waals surface area contributed by atoms with E-state index in [0.717, 1.165) is 44.7 Å². The van der Waals surface area contributed by atoms with Crippen LogP contribution in [-0.2, 0) is 4.79 Å². The lowest BCUT2D eigenvalue weighted by molar-refractivity contribution is -0.150. The van der Waals surface area contributed by atoms with Crippen LogP contribution in [0.25, 0.3) is 0 Å². The van der Waals surface area contributed by atoms with E-state index in [1.165, 1.54) is 63.5 Å². The number of rotatable bonds is 10. The third-order valence-electron chi connectivity index (χ3n) is 16.6. The molecule has 1 amide bonds. The molecule has 1 saturated carbocycles. The van der Waals surface area contributed by atoms with Crippen LogP contribution in [0, 0.1) is 45.3 Å². The van der Waals surface area contributed by atoms with Crippen LogP contribution in [0.4, 0.5) is 0 Å². The summed E-state index contributed by atoms with van der Waals surface area (Å²) in [5, 5.41) is 0. The van der Waals surface area contributed by atoms with E-state index >= 15 is 4.79 Å². The molecule has 298 valence electrons. The average Bonchev–Trinajstić information content (AvgIpc) is 3.80. The van der Waals surface area contributed by atoms with Crippen LogP contribution in [0.2, 0.25) is 0 Å². The van der Waals surface area contributed by atoms with Gasteiger partial charge in [0.2, 0.25) is 5.91 Å². The van der Waals surface area contributed by atoms with E-state index in [2.05, 4.69) is 95.8 Å². The Labute approximate surface area is 320 Å². The van der Waals surface area contributed by atoms with Gasteiger partial charge in [0.25, 0.3) is 0 Å². The molecule has 2 aliphatic carbocycles. The maximum atomic E-state index is 15.8. The Morgan fingerprint density at radius 2 is 1.44 bits per heavy atom. The summed E-state index contributed by atoms with van der Waals surface area (Å²) >= 11 is 0. The Hall–Kier alpha value is -1.53. The predicted molar refractivity (Wildman–Crippen MR) is 218 cm³/mol. The monoisotopic (exact) mass is 723 g/mol. The quantitative estimate of drug-likeness (QED) is 0.225. The van der Waals surface area contributed by atoms with E-state index < -0.39 is 0 Å². The summed E-state index contributed by atoms with van der Waals surface area (Å²) in [4.78, 5) is 26.8. The van der Waals surface area contributed by atoms with Crippen molar-refractivity contribution in [3.63, 3.8) is 0 Å². The van der Waals surface area contributed by atoms with Crippen molar-refractivity contribution in [3.05, 3.63) is 23.5 Å². The van der Waals surface area contributed by atoms with Crippen molar-refractivity contribution in [1.82, 2.24) is 19.6 Å². The van der Waals surface area contributed by atoms with Crippen LogP contribution in [0.5, 0.6) is 0 Å². The molecule has 7 rings (SSSR count). The van der Waals surface area contributed by atoms with Crippen LogP contribution < -0.4 is 0 Å². The minimum Gasteiger partial charge on any atom is -0.412 e. The molecular formula is C46H82N4O2. The van der Waals surface area contributed by atoms with Gasteiger partial charge in [0.15, 0.2) is 0 Å². The topological polar surface area (TPSA) is 61.5 Å². The minimum absolute atomic E-state index is 0. The molecule has 3 unspecified atom stereocenters. The molecule has 6 heteroatoms. The third kappa shape index (κ3) is 5.70. The second kappa shape index (κ2) is 14.8. The summed E-state index contributed by atoms with van der Waals surface area (Å²) in [6, 6.07) is 0.623. The number of hydrogen-bond donors (Lipinski definition) is 0. The van der Waals surface area contributed by atoms with Gasteiger partial charge in [-0.05, 0) is 117 Å². The highest BCUT2D eigenvalue weighted by Gasteiger charge is 2.76. The molecule has 4 saturated heterocycles. The van der Waals surface area contributed by atoms with Crippen LogP contribution in [0.15, 0.2) is 23.5 Å². The maximum absolute atomic E-state index is 15.8. The Kier molecular flexibility index (Phi) is 11.9. The SMILES string of the molecule is C=C1[C@@H]2C[C@@]3(C(C)(C)CC)C4=C(CCCC4)N(CCC(C)C)C3N2C(=O)[C@@H]2C[C@@]3(C(C)(C)CC)C4CC(C)CC[C@@H]4N(CCC(C)C)[C@H]3N12.CC.O. The molecule has 5 aliphatic heterocycles. The summed E-state index contributed by atoms with van der Waals surface area (Å²) in [6.45, 7) is 38.5. The molecule has 0 aromatic carbocycles. The van der Waals surface area contributed by atoms with E-state index in [4.69, 9.17) is 6.58 Å². The number of carbonyl (C=O) groups is 1.